The Bertz CT molecular complexity index is 1810. The fraction of sp³-hybridized carbons (Fsp3) is 0.324. The van der Waals surface area contributed by atoms with E-state index in [9.17, 15) is 20.1 Å². The molecule has 0 unspecified atom stereocenters. The second kappa shape index (κ2) is 14.1. The van der Waals surface area contributed by atoms with Crippen LogP contribution in [0.5, 0.6) is 0 Å². The first kappa shape index (κ1) is 35.1. The molecule has 0 N–H and O–H groups in total. The first-order chi connectivity index (χ1) is 21.8. The third-order valence-corrected chi connectivity index (χ3v) is 6.34. The number of nitrogens with zero attached hydrogens (tertiary/aromatic N) is 5. The fourth-order valence-electron chi connectivity index (χ4n) is 4.65. The van der Waals surface area contributed by atoms with Gasteiger partial charge in [-0.15, -0.1) is 0 Å². The number of pyridine rings is 1. The van der Waals surface area contributed by atoms with Gasteiger partial charge in [0, 0.05) is 22.5 Å². The van der Waals surface area contributed by atoms with Gasteiger partial charge in [0.2, 0.25) is 0 Å². The van der Waals surface area contributed by atoms with Crippen LogP contribution in [0.15, 0.2) is 66.9 Å². The minimum Gasteiger partial charge on any atom is -0.443 e. The molecular formula is C37H41N5O4. The summed E-state index contributed by atoms with van der Waals surface area (Å²) in [6, 6.07) is 21.7. The molecule has 46 heavy (non-hydrogen) atoms. The van der Waals surface area contributed by atoms with E-state index in [1.807, 2.05) is 39.8 Å². The van der Waals surface area contributed by atoms with Crippen LogP contribution in [0, 0.1) is 22.7 Å². The highest BCUT2D eigenvalue weighted by Crippen LogP contribution is 2.33. The van der Waals surface area contributed by atoms with Crippen LogP contribution in [0.1, 0.15) is 80.4 Å². The van der Waals surface area contributed by atoms with Crippen molar-refractivity contribution >= 4 is 34.0 Å². The smallest absolute Gasteiger partial charge is 0.419 e. The molecule has 0 fully saturated rings. The van der Waals surface area contributed by atoms with Crippen LogP contribution in [0.25, 0.3) is 44.5 Å². The van der Waals surface area contributed by atoms with Gasteiger partial charge in [0.15, 0.2) is 0 Å². The van der Waals surface area contributed by atoms with Crippen molar-refractivity contribution in [3.05, 3.63) is 78.0 Å². The van der Waals surface area contributed by atoms with E-state index >= 15 is 0 Å². The minimum absolute atomic E-state index is 0.412. The molecule has 0 aliphatic carbocycles. The van der Waals surface area contributed by atoms with Crippen molar-refractivity contribution in [2.75, 3.05) is 0 Å². The second-order valence-electron chi connectivity index (χ2n) is 11.9. The zero-order chi connectivity index (χ0) is 34.4. The molecule has 238 valence electrons. The van der Waals surface area contributed by atoms with E-state index in [2.05, 4.69) is 17.1 Å². The topological polar surface area (TPSA) is 123 Å². The summed E-state index contributed by atoms with van der Waals surface area (Å²) in [7, 11) is 0. The number of benzene rings is 2. The molecule has 0 bridgehead atoms. The SMILES string of the molecule is CC.CC.CC(C)(C)OC(=O)n1c(-c2ccc(-c3cc4ccc(C#N)cc4n3C(=O)OC(C)(C)C)nc2)cc2ccc(C#N)cc21. The van der Waals surface area contributed by atoms with Gasteiger partial charge in [-0.25, -0.2) is 18.7 Å². The number of carbonyl (C=O) groups is 2. The number of rotatable bonds is 2. The summed E-state index contributed by atoms with van der Waals surface area (Å²) >= 11 is 0. The summed E-state index contributed by atoms with van der Waals surface area (Å²) in [5.74, 6) is 0. The maximum atomic E-state index is 13.4. The molecule has 0 radical (unpaired) electrons. The Balaban J connectivity index is 0.00000139. The number of aromatic nitrogens is 3. The van der Waals surface area contributed by atoms with Gasteiger partial charge in [-0.2, -0.15) is 10.5 Å². The lowest BCUT2D eigenvalue weighted by Crippen LogP contribution is -2.27. The van der Waals surface area contributed by atoms with Gasteiger partial charge >= 0.3 is 12.2 Å². The van der Waals surface area contributed by atoms with Crippen LogP contribution < -0.4 is 0 Å². The third-order valence-electron chi connectivity index (χ3n) is 6.34. The summed E-state index contributed by atoms with van der Waals surface area (Å²) in [5, 5.41) is 20.4. The van der Waals surface area contributed by atoms with E-state index in [1.165, 1.54) is 9.13 Å². The van der Waals surface area contributed by atoms with E-state index in [0.29, 0.717) is 44.8 Å². The zero-order valence-electron chi connectivity index (χ0n) is 28.2. The van der Waals surface area contributed by atoms with Gasteiger partial charge in [0.1, 0.15) is 11.2 Å². The monoisotopic (exact) mass is 619 g/mol. The standard InChI is InChI=1S/C33H29N5O4.2C2H6/c1-32(2,3)41-30(39)37-26-13-20(17-34)7-9-22(26)15-28(37)24-11-12-25(36-19-24)29-16-23-10-8-21(18-35)14-27(23)38(29)31(40)42-33(4,5)6;2*1-2/h7-16,19H,1-6H3;2*1-2H3. The summed E-state index contributed by atoms with van der Waals surface area (Å²) < 4.78 is 14.3. The Morgan fingerprint density at radius 3 is 1.48 bits per heavy atom. The van der Waals surface area contributed by atoms with Crippen LogP contribution in [0.2, 0.25) is 0 Å². The molecule has 0 aliphatic heterocycles. The van der Waals surface area contributed by atoms with Gasteiger partial charge in [-0.1, -0.05) is 39.8 Å². The van der Waals surface area contributed by atoms with Crippen molar-refractivity contribution in [3.63, 3.8) is 0 Å². The van der Waals surface area contributed by atoms with Crippen molar-refractivity contribution in [1.82, 2.24) is 14.1 Å². The van der Waals surface area contributed by atoms with Crippen LogP contribution in [0.4, 0.5) is 9.59 Å². The summed E-state index contributed by atoms with van der Waals surface area (Å²) in [5.41, 5.74) is 2.58. The number of hydrogen-bond donors (Lipinski definition) is 0. The maximum Gasteiger partial charge on any atom is 0.419 e. The van der Waals surface area contributed by atoms with Gasteiger partial charge in [-0.3, -0.25) is 4.98 Å². The Kier molecular flexibility index (Phi) is 10.8. The average Bonchev–Trinajstić information content (AvgIpc) is 3.59. The number of nitriles is 2. The fourth-order valence-corrected chi connectivity index (χ4v) is 4.65. The van der Waals surface area contributed by atoms with Crippen molar-refractivity contribution in [1.29, 1.82) is 10.5 Å². The Hall–Kier alpha value is -5.41. The Morgan fingerprint density at radius 2 is 1.09 bits per heavy atom. The van der Waals surface area contributed by atoms with E-state index < -0.39 is 23.4 Å². The van der Waals surface area contributed by atoms with Crippen molar-refractivity contribution in [3.8, 4) is 34.8 Å². The molecule has 3 heterocycles. The van der Waals surface area contributed by atoms with Gasteiger partial charge in [-0.05, 0) is 90.1 Å². The largest absolute Gasteiger partial charge is 0.443 e. The Labute approximate surface area is 270 Å². The molecule has 2 aromatic carbocycles. The molecule has 9 heteroatoms. The van der Waals surface area contributed by atoms with Crippen molar-refractivity contribution in [2.45, 2.75) is 80.4 Å². The van der Waals surface area contributed by atoms with Crippen molar-refractivity contribution in [2.24, 2.45) is 0 Å². The first-order valence-electron chi connectivity index (χ1n) is 15.3. The van der Waals surface area contributed by atoms with Crippen LogP contribution in [-0.4, -0.2) is 37.5 Å². The number of carbonyl (C=O) groups excluding carboxylic acids is 2. The van der Waals surface area contributed by atoms with Crippen LogP contribution in [-0.2, 0) is 9.47 Å². The lowest BCUT2D eigenvalue weighted by molar-refractivity contribution is 0.0535. The highest BCUT2D eigenvalue weighted by Gasteiger charge is 2.25. The Morgan fingerprint density at radius 1 is 0.652 bits per heavy atom. The van der Waals surface area contributed by atoms with Crippen LogP contribution in [0.3, 0.4) is 0 Å². The highest BCUT2D eigenvalue weighted by atomic mass is 16.6. The average molecular weight is 620 g/mol. The molecule has 0 spiro atoms. The number of fused-ring (bicyclic) bond motifs is 2. The molecular weight excluding hydrogens is 578 g/mol. The predicted octanol–water partition coefficient (Wildman–Crippen LogP) is 9.69. The zero-order valence-corrected chi connectivity index (χ0v) is 28.2. The summed E-state index contributed by atoms with van der Waals surface area (Å²) in [6.07, 6.45) is 0.449. The molecule has 3 aromatic heterocycles. The number of hydrogen-bond acceptors (Lipinski definition) is 7. The molecule has 0 saturated heterocycles. The number of ether oxygens (including phenoxy) is 2. The molecule has 0 saturated carbocycles. The van der Waals surface area contributed by atoms with Crippen LogP contribution >= 0.6 is 0 Å². The summed E-state index contributed by atoms with van der Waals surface area (Å²) in [4.78, 5) is 31.4. The normalized spacial score (nSPS) is 11.0. The van der Waals surface area contributed by atoms with E-state index in [0.717, 1.165) is 10.8 Å². The van der Waals surface area contributed by atoms with E-state index in [1.54, 1.807) is 96.3 Å². The van der Waals surface area contributed by atoms with E-state index in [4.69, 9.17) is 9.47 Å². The van der Waals surface area contributed by atoms with Gasteiger partial charge in [0.25, 0.3) is 0 Å². The van der Waals surface area contributed by atoms with Crippen molar-refractivity contribution < 1.29 is 19.1 Å². The predicted molar refractivity (Wildman–Crippen MR) is 181 cm³/mol. The quantitative estimate of drug-likeness (QED) is 0.193. The second-order valence-corrected chi connectivity index (χ2v) is 11.9. The molecule has 0 amide bonds. The highest BCUT2D eigenvalue weighted by molar-refractivity contribution is 5.98. The first-order valence-corrected chi connectivity index (χ1v) is 15.3. The van der Waals surface area contributed by atoms with Gasteiger partial charge < -0.3 is 9.47 Å². The lowest BCUT2D eigenvalue weighted by Gasteiger charge is -2.21. The third kappa shape index (κ3) is 7.62. The molecule has 0 aliphatic rings. The molecule has 5 rings (SSSR count). The van der Waals surface area contributed by atoms with E-state index in [-0.39, 0.29) is 0 Å². The molecule has 9 nitrogen and oxygen atoms in total. The minimum atomic E-state index is -0.741. The summed E-state index contributed by atoms with van der Waals surface area (Å²) in [6.45, 7) is 18.7. The molecule has 5 aromatic rings. The molecule has 0 atom stereocenters. The maximum absolute atomic E-state index is 13.4. The van der Waals surface area contributed by atoms with Gasteiger partial charge in [0.05, 0.1) is 51.4 Å². The lowest BCUT2D eigenvalue weighted by atomic mass is 10.1.